The summed E-state index contributed by atoms with van der Waals surface area (Å²) in [5.74, 6) is -1.37. The van der Waals surface area contributed by atoms with Gasteiger partial charge in [0.2, 0.25) is 5.91 Å². The predicted octanol–water partition coefficient (Wildman–Crippen LogP) is 0.312. The van der Waals surface area contributed by atoms with Crippen LogP contribution in [0.4, 0.5) is 0 Å². The summed E-state index contributed by atoms with van der Waals surface area (Å²) in [5.41, 5.74) is -0.967. The minimum atomic E-state index is -1.12. The molecule has 2 aromatic heterocycles. The molecular weight excluding hydrogens is 498 g/mol. The van der Waals surface area contributed by atoms with Crippen LogP contribution >= 0.6 is 46.4 Å². The van der Waals surface area contributed by atoms with E-state index in [0.717, 1.165) is 16.5 Å². The summed E-state index contributed by atoms with van der Waals surface area (Å²) in [7, 11) is 1.30. The maximum Gasteiger partial charge on any atom is 0.313 e. The third-order valence-corrected chi connectivity index (χ3v) is 9.22. The van der Waals surface area contributed by atoms with Crippen LogP contribution in [0.1, 0.15) is 10.7 Å². The molecule has 0 aliphatic carbocycles. The first-order valence-electron chi connectivity index (χ1n) is 9.12. The van der Waals surface area contributed by atoms with Crippen LogP contribution in [0.2, 0.25) is 0 Å². The monoisotopic (exact) mass is 515 g/mol. The van der Waals surface area contributed by atoms with E-state index in [-0.39, 0.29) is 35.0 Å². The average Bonchev–Trinajstić information content (AvgIpc) is 3.45. The van der Waals surface area contributed by atoms with Crippen molar-refractivity contribution in [2.24, 2.45) is 10.6 Å². The van der Waals surface area contributed by atoms with Crippen LogP contribution in [-0.2, 0) is 19.2 Å². The van der Waals surface area contributed by atoms with Crippen molar-refractivity contribution in [3.05, 3.63) is 16.1 Å². The van der Waals surface area contributed by atoms with Gasteiger partial charge >= 0.3 is 5.97 Å². The number of hydrogen-bond donors (Lipinski definition) is 2. The first-order chi connectivity index (χ1) is 15.3. The van der Waals surface area contributed by atoms with Gasteiger partial charge in [0.25, 0.3) is 5.91 Å². The maximum atomic E-state index is 12.8. The zero-order valence-corrected chi connectivity index (χ0v) is 20.0. The highest BCUT2D eigenvalue weighted by atomic mass is 32.2. The highest BCUT2D eigenvalue weighted by Gasteiger charge is 2.57. The molecule has 2 aromatic rings. The summed E-state index contributed by atoms with van der Waals surface area (Å²) in [4.78, 5) is 43.8. The van der Waals surface area contributed by atoms with Gasteiger partial charge in [-0.15, -0.1) is 27.1 Å². The first kappa shape index (κ1) is 22.9. The standard InChI is InChI=1S/C16H17N7O5S4/c1-7-18-20-15(32-7)30-6-16(14(26)27)4-23-12(25)10(13(23)29-5-16)17-11(24)9(21-28-2)8-3-31-22-19-8/h3,10,13H,4-6H2,1-2H3,(H,17,24)(H,26,27)/t10?,13-,16?/m1/s1. The Bertz CT molecular complexity index is 1060. The number of nitrogens with one attached hydrogen (secondary N) is 1. The molecule has 2 saturated heterocycles. The van der Waals surface area contributed by atoms with Crippen molar-refractivity contribution in [3.8, 4) is 0 Å². The lowest BCUT2D eigenvalue weighted by molar-refractivity contribution is -0.157. The molecule has 3 atom stereocenters. The molecule has 2 fully saturated rings. The van der Waals surface area contributed by atoms with Gasteiger partial charge < -0.3 is 20.2 Å². The SMILES string of the molecule is CON=C(C(=O)NC1C(=O)N2CC(CSc3nnc(C)s3)(C(=O)O)CS[C@H]12)c1csnn1. The lowest BCUT2D eigenvalue weighted by atomic mass is 9.89. The second-order valence-corrected chi connectivity index (χ2v) is 11.1. The summed E-state index contributed by atoms with van der Waals surface area (Å²) < 4.78 is 4.40. The lowest BCUT2D eigenvalue weighted by Gasteiger charge is -2.53. The molecule has 4 heterocycles. The highest BCUT2D eigenvalue weighted by molar-refractivity contribution is 8.01. The van der Waals surface area contributed by atoms with E-state index in [4.69, 9.17) is 4.84 Å². The second kappa shape index (κ2) is 9.29. The second-order valence-electron chi connectivity index (χ2n) is 6.99. The Labute approximate surface area is 198 Å². The van der Waals surface area contributed by atoms with Gasteiger partial charge in [-0.05, 0) is 18.5 Å². The molecule has 2 N–H and O–H groups in total. The third kappa shape index (κ3) is 4.31. The number of fused-ring (bicyclic) bond motifs is 1. The molecule has 2 aliphatic heterocycles. The van der Waals surface area contributed by atoms with Crippen LogP contribution in [-0.4, -0.2) is 89.9 Å². The summed E-state index contributed by atoms with van der Waals surface area (Å²) in [6.07, 6.45) is 0. The van der Waals surface area contributed by atoms with Crippen LogP contribution in [0.3, 0.4) is 0 Å². The number of hydrogen-bond acceptors (Lipinski definition) is 13. The van der Waals surface area contributed by atoms with Crippen LogP contribution in [0.5, 0.6) is 0 Å². The van der Waals surface area contributed by atoms with Crippen LogP contribution < -0.4 is 5.32 Å². The van der Waals surface area contributed by atoms with Gasteiger partial charge in [-0.1, -0.05) is 32.7 Å². The number of β-lactam (4-membered cyclic amide) rings is 1. The quantitative estimate of drug-likeness (QED) is 0.215. The fourth-order valence-corrected chi connectivity index (χ4v) is 7.33. The zero-order valence-electron chi connectivity index (χ0n) is 16.7. The summed E-state index contributed by atoms with van der Waals surface area (Å²) in [5, 5.41) is 30.1. The maximum absolute atomic E-state index is 12.8. The van der Waals surface area contributed by atoms with E-state index < -0.39 is 23.3 Å². The van der Waals surface area contributed by atoms with Gasteiger partial charge in [0.05, 0.1) is 0 Å². The predicted molar refractivity (Wildman–Crippen MR) is 119 cm³/mol. The fourth-order valence-electron chi connectivity index (χ4n) is 3.22. The van der Waals surface area contributed by atoms with Gasteiger partial charge in [0.1, 0.15) is 34.6 Å². The Hall–Kier alpha value is -2.30. The Morgan fingerprint density at radius 2 is 2.25 bits per heavy atom. The third-order valence-electron chi connectivity index (χ3n) is 4.86. The van der Waals surface area contributed by atoms with Crippen molar-refractivity contribution in [3.63, 3.8) is 0 Å². The van der Waals surface area contributed by atoms with Crippen molar-refractivity contribution in [2.45, 2.75) is 22.7 Å². The minimum absolute atomic E-state index is 0.0605. The van der Waals surface area contributed by atoms with Gasteiger partial charge in [-0.3, -0.25) is 14.4 Å². The van der Waals surface area contributed by atoms with Gasteiger partial charge in [-0.25, -0.2) is 0 Å². The number of amides is 2. The minimum Gasteiger partial charge on any atom is -0.481 e. The van der Waals surface area contributed by atoms with Crippen molar-refractivity contribution in [1.29, 1.82) is 0 Å². The number of aliphatic carboxylic acids is 1. The van der Waals surface area contributed by atoms with E-state index in [1.165, 1.54) is 46.9 Å². The molecule has 2 amide bonds. The molecule has 0 aromatic carbocycles. The first-order valence-corrected chi connectivity index (χ1v) is 12.8. The van der Waals surface area contributed by atoms with E-state index >= 15 is 0 Å². The van der Waals surface area contributed by atoms with Crippen LogP contribution in [0.15, 0.2) is 14.9 Å². The Morgan fingerprint density at radius 1 is 1.44 bits per heavy atom. The normalized spacial score (nSPS) is 25.1. The van der Waals surface area contributed by atoms with E-state index in [2.05, 4.69) is 30.3 Å². The molecular formula is C16H17N7O5S4. The fraction of sp³-hybridized carbons (Fsp3) is 0.500. The van der Waals surface area contributed by atoms with E-state index in [1.54, 1.807) is 5.38 Å². The van der Waals surface area contributed by atoms with E-state index in [9.17, 15) is 19.5 Å². The number of thioether (sulfide) groups is 2. The largest absolute Gasteiger partial charge is 0.481 e. The average molecular weight is 516 g/mol. The highest BCUT2D eigenvalue weighted by Crippen LogP contribution is 2.44. The number of nitrogens with zero attached hydrogens (tertiary/aromatic N) is 6. The summed E-state index contributed by atoms with van der Waals surface area (Å²) in [6, 6.07) is -0.786. The molecule has 2 aliphatic rings. The number of oxime groups is 1. The van der Waals surface area contributed by atoms with Gasteiger partial charge in [0.15, 0.2) is 10.1 Å². The number of aromatic nitrogens is 4. The van der Waals surface area contributed by atoms with Crippen molar-refractivity contribution < 1.29 is 24.3 Å². The van der Waals surface area contributed by atoms with E-state index in [0.29, 0.717) is 10.1 Å². The topological polar surface area (TPSA) is 160 Å². The van der Waals surface area contributed by atoms with E-state index in [1.807, 2.05) is 6.92 Å². The molecule has 0 saturated carbocycles. The molecule has 0 radical (unpaired) electrons. The van der Waals surface area contributed by atoms with Crippen LogP contribution in [0, 0.1) is 12.3 Å². The number of carboxylic acid groups (broad SMARTS) is 1. The number of carbonyl (C=O) groups excluding carboxylic acids is 2. The number of rotatable bonds is 8. The van der Waals surface area contributed by atoms with Crippen molar-refractivity contribution in [1.82, 2.24) is 30.0 Å². The number of aryl methyl sites for hydroxylation is 1. The molecule has 32 heavy (non-hydrogen) atoms. The van der Waals surface area contributed by atoms with Gasteiger partial charge in [-0.2, -0.15) is 0 Å². The molecule has 170 valence electrons. The Balaban J connectivity index is 1.42. The van der Waals surface area contributed by atoms with Crippen molar-refractivity contribution in [2.75, 3.05) is 25.2 Å². The smallest absolute Gasteiger partial charge is 0.313 e. The Kier molecular flexibility index (Phi) is 6.64. The summed E-state index contributed by atoms with van der Waals surface area (Å²) >= 11 is 5.11. The molecule has 0 bridgehead atoms. The molecule has 16 heteroatoms. The molecule has 0 spiro atoms. The number of carboxylic acids is 1. The van der Waals surface area contributed by atoms with Crippen LogP contribution in [0.25, 0.3) is 0 Å². The molecule has 4 rings (SSSR count). The zero-order chi connectivity index (χ0) is 22.9. The lowest BCUT2D eigenvalue weighted by Crippen LogP contribution is -2.74. The van der Waals surface area contributed by atoms with Gasteiger partial charge in [0, 0.05) is 23.4 Å². The molecule has 12 nitrogen and oxygen atoms in total. The molecule has 2 unspecified atom stereocenters. The Morgan fingerprint density at radius 3 is 2.88 bits per heavy atom. The summed E-state index contributed by atoms with van der Waals surface area (Å²) in [6.45, 7) is 1.89. The van der Waals surface area contributed by atoms with Crippen molar-refractivity contribution >= 4 is 69.9 Å². The number of carbonyl (C=O) groups is 3.